The lowest BCUT2D eigenvalue weighted by molar-refractivity contribution is 0.723. The number of allylic oxidation sites excluding steroid dienone is 6. The molecule has 208 valence electrons. The van der Waals surface area contributed by atoms with Crippen LogP contribution in [-0.4, -0.2) is 19.6 Å². The van der Waals surface area contributed by atoms with E-state index in [-0.39, 0.29) is 0 Å². The van der Waals surface area contributed by atoms with E-state index in [4.69, 9.17) is 0 Å². The Morgan fingerprint density at radius 3 is 2.05 bits per heavy atom. The third kappa shape index (κ3) is 10.00. The second kappa shape index (κ2) is 18.0. The molecule has 0 bridgehead atoms. The van der Waals surface area contributed by atoms with E-state index >= 15 is 0 Å². The van der Waals surface area contributed by atoms with Crippen LogP contribution in [0.15, 0.2) is 133 Å². The number of anilines is 2. The summed E-state index contributed by atoms with van der Waals surface area (Å²) in [6, 6.07) is 25.2. The Bertz CT molecular complexity index is 1270. The molecule has 0 aliphatic rings. The standard InChI is InChI=1S/C32H36N2.C2H6S.C2H6/c1-8-23(3)21-24(4)32(25(5)31(9-2)33-29-17-11-10-12-18-29)26(6)34(7)30-20-19-27-15-13-14-16-28(27)22-30;1-3-2;1-2/h8-20,22-23,33H,1-2,4,21H2,3,5-7H3;1-2H3;1-2H3/b31-25+,32-26+;;/t23-;;/m1../s1. The largest absolute Gasteiger partial charge is 0.355 e. The molecular formula is C36H48N2S. The lowest BCUT2D eigenvalue weighted by Crippen LogP contribution is -2.18. The average Bonchev–Trinajstić information content (AvgIpc) is 2.97. The first-order valence-electron chi connectivity index (χ1n) is 13.6. The van der Waals surface area contributed by atoms with Crippen molar-refractivity contribution in [2.24, 2.45) is 5.92 Å². The SMILES string of the molecule is C=C/C(Nc1ccccc1)=C(C)\C(C(=C)C[C@H](C)C=C)=C(/C)N(C)c1ccc2ccccc2c1.CC.CSC. The van der Waals surface area contributed by atoms with E-state index in [1.165, 1.54) is 10.8 Å². The minimum absolute atomic E-state index is 0.336. The van der Waals surface area contributed by atoms with Crippen LogP contribution in [0.25, 0.3) is 10.8 Å². The van der Waals surface area contributed by atoms with Crippen molar-refractivity contribution in [3.63, 3.8) is 0 Å². The molecule has 1 atom stereocenters. The van der Waals surface area contributed by atoms with Gasteiger partial charge in [-0.2, -0.15) is 11.8 Å². The number of hydrogen-bond acceptors (Lipinski definition) is 3. The van der Waals surface area contributed by atoms with Crippen LogP contribution in [0.2, 0.25) is 0 Å². The van der Waals surface area contributed by atoms with E-state index < -0.39 is 0 Å². The van der Waals surface area contributed by atoms with Crippen molar-refractivity contribution in [1.29, 1.82) is 0 Å². The maximum Gasteiger partial charge on any atom is 0.0414 e. The molecule has 3 rings (SSSR count). The van der Waals surface area contributed by atoms with Crippen molar-refractivity contribution in [1.82, 2.24) is 0 Å². The molecule has 3 aromatic rings. The van der Waals surface area contributed by atoms with Gasteiger partial charge in [-0.05, 0) is 91.0 Å². The number of hydrogen-bond donors (Lipinski definition) is 1. The van der Waals surface area contributed by atoms with E-state index in [1.807, 2.05) is 56.7 Å². The predicted molar refractivity (Wildman–Crippen MR) is 182 cm³/mol. The van der Waals surface area contributed by atoms with Crippen LogP contribution in [0.1, 0.15) is 41.0 Å². The molecule has 0 unspecified atom stereocenters. The van der Waals surface area contributed by atoms with Crippen LogP contribution in [0.4, 0.5) is 11.4 Å². The zero-order chi connectivity index (χ0) is 29.4. The van der Waals surface area contributed by atoms with Crippen LogP contribution in [0.5, 0.6) is 0 Å². The summed E-state index contributed by atoms with van der Waals surface area (Å²) in [6.45, 7) is 23.1. The highest BCUT2D eigenvalue weighted by Gasteiger charge is 2.18. The predicted octanol–water partition coefficient (Wildman–Crippen LogP) is 10.9. The van der Waals surface area contributed by atoms with Gasteiger partial charge >= 0.3 is 0 Å². The van der Waals surface area contributed by atoms with Crippen molar-refractivity contribution in [2.75, 3.05) is 29.8 Å². The van der Waals surface area contributed by atoms with Gasteiger partial charge in [0.2, 0.25) is 0 Å². The first-order valence-corrected chi connectivity index (χ1v) is 15.2. The zero-order valence-electron chi connectivity index (χ0n) is 25.3. The van der Waals surface area contributed by atoms with Crippen LogP contribution < -0.4 is 10.2 Å². The summed E-state index contributed by atoms with van der Waals surface area (Å²) in [7, 11) is 2.12. The molecule has 0 saturated heterocycles. The number of thioether (sulfide) groups is 1. The summed E-state index contributed by atoms with van der Waals surface area (Å²) < 4.78 is 0. The molecular weight excluding hydrogens is 492 g/mol. The molecule has 0 radical (unpaired) electrons. The molecule has 39 heavy (non-hydrogen) atoms. The van der Waals surface area contributed by atoms with Gasteiger partial charge in [-0.15, -0.1) is 6.58 Å². The summed E-state index contributed by atoms with van der Waals surface area (Å²) in [5.74, 6) is 0.336. The van der Waals surface area contributed by atoms with Gasteiger partial charge in [-0.25, -0.2) is 0 Å². The van der Waals surface area contributed by atoms with E-state index in [1.54, 1.807) is 11.8 Å². The number of fused-ring (bicyclic) bond motifs is 1. The van der Waals surface area contributed by atoms with Crippen LogP contribution in [-0.2, 0) is 0 Å². The summed E-state index contributed by atoms with van der Waals surface area (Å²) in [6.07, 6.45) is 8.80. The van der Waals surface area contributed by atoms with Crippen molar-refractivity contribution in [2.45, 2.75) is 41.0 Å². The van der Waals surface area contributed by atoms with E-state index in [9.17, 15) is 0 Å². The summed E-state index contributed by atoms with van der Waals surface area (Å²) in [4.78, 5) is 2.25. The van der Waals surface area contributed by atoms with Crippen LogP contribution >= 0.6 is 11.8 Å². The maximum atomic E-state index is 4.51. The second-order valence-electron chi connectivity index (χ2n) is 9.21. The van der Waals surface area contributed by atoms with E-state index in [2.05, 4.69) is 112 Å². The lowest BCUT2D eigenvalue weighted by Gasteiger charge is -2.27. The van der Waals surface area contributed by atoms with Gasteiger partial charge < -0.3 is 10.2 Å². The van der Waals surface area contributed by atoms with E-state index in [0.29, 0.717) is 5.92 Å². The molecule has 0 aliphatic heterocycles. The maximum absolute atomic E-state index is 4.51. The highest BCUT2D eigenvalue weighted by atomic mass is 32.2. The smallest absolute Gasteiger partial charge is 0.0414 e. The Balaban J connectivity index is 0.00000142. The Hall–Kier alpha value is -3.43. The van der Waals surface area contributed by atoms with E-state index in [0.717, 1.165) is 45.9 Å². The number of benzene rings is 3. The molecule has 0 spiro atoms. The van der Waals surface area contributed by atoms with Crippen LogP contribution in [0, 0.1) is 5.92 Å². The minimum Gasteiger partial charge on any atom is -0.355 e. The molecule has 0 amide bonds. The third-order valence-electron chi connectivity index (χ3n) is 6.35. The van der Waals surface area contributed by atoms with Gasteiger partial charge in [-0.1, -0.05) is 88.5 Å². The Morgan fingerprint density at radius 2 is 1.49 bits per heavy atom. The minimum atomic E-state index is 0.336. The van der Waals surface area contributed by atoms with Crippen LogP contribution in [0.3, 0.4) is 0 Å². The highest BCUT2D eigenvalue weighted by Crippen LogP contribution is 2.33. The number of nitrogens with one attached hydrogen (secondary N) is 1. The second-order valence-corrected chi connectivity index (χ2v) is 10.0. The number of nitrogens with zero attached hydrogens (tertiary/aromatic N) is 1. The van der Waals surface area contributed by atoms with Gasteiger partial charge in [-0.3, -0.25) is 0 Å². The molecule has 0 aliphatic carbocycles. The van der Waals surface area contributed by atoms with Crippen molar-refractivity contribution >= 4 is 33.9 Å². The molecule has 0 saturated carbocycles. The number of rotatable bonds is 10. The quantitative estimate of drug-likeness (QED) is 0.203. The summed E-state index contributed by atoms with van der Waals surface area (Å²) in [5, 5.41) is 6.00. The van der Waals surface area contributed by atoms with Gasteiger partial charge in [0, 0.05) is 35.4 Å². The first kappa shape index (κ1) is 33.6. The van der Waals surface area contributed by atoms with Gasteiger partial charge in [0.05, 0.1) is 0 Å². The number of para-hydroxylation sites is 1. The first-order chi connectivity index (χ1) is 18.8. The normalized spacial score (nSPS) is 12.3. The molecule has 3 heteroatoms. The fourth-order valence-corrected chi connectivity index (χ4v) is 4.22. The molecule has 1 N–H and O–H groups in total. The summed E-state index contributed by atoms with van der Waals surface area (Å²) in [5.41, 5.74) is 7.63. The topological polar surface area (TPSA) is 15.3 Å². The van der Waals surface area contributed by atoms with Gasteiger partial charge in [0.15, 0.2) is 0 Å². The average molecular weight is 541 g/mol. The Kier molecular flexibility index (Phi) is 15.5. The molecule has 2 nitrogen and oxygen atoms in total. The highest BCUT2D eigenvalue weighted by molar-refractivity contribution is 7.97. The zero-order valence-corrected chi connectivity index (χ0v) is 26.2. The molecule has 0 heterocycles. The lowest BCUT2D eigenvalue weighted by atomic mass is 9.89. The molecule has 3 aromatic carbocycles. The van der Waals surface area contributed by atoms with Gasteiger partial charge in [0.1, 0.15) is 0 Å². The third-order valence-corrected chi connectivity index (χ3v) is 6.35. The molecule has 0 aromatic heterocycles. The van der Waals surface area contributed by atoms with Crippen molar-refractivity contribution < 1.29 is 0 Å². The Morgan fingerprint density at radius 1 is 0.923 bits per heavy atom. The summed E-state index contributed by atoms with van der Waals surface area (Å²) >= 11 is 1.75. The van der Waals surface area contributed by atoms with Gasteiger partial charge in [0.25, 0.3) is 0 Å². The fraction of sp³-hybridized carbons (Fsp3) is 0.278. The Labute approximate surface area is 242 Å². The van der Waals surface area contributed by atoms with Crippen molar-refractivity contribution in [3.8, 4) is 0 Å². The molecule has 0 fully saturated rings. The fourth-order valence-electron chi connectivity index (χ4n) is 4.22. The monoisotopic (exact) mass is 540 g/mol. The van der Waals surface area contributed by atoms with Crippen molar-refractivity contribution in [3.05, 3.63) is 133 Å².